The van der Waals surface area contributed by atoms with Gasteiger partial charge in [-0.3, -0.25) is 4.79 Å². The average Bonchev–Trinajstić information content (AvgIpc) is 3.23. The van der Waals surface area contributed by atoms with E-state index in [1.165, 1.54) is 0 Å². The third kappa shape index (κ3) is 2.75. The number of nitrogens with zero attached hydrogens (tertiary/aromatic N) is 2. The second-order valence-electron chi connectivity index (χ2n) is 5.99. The van der Waals surface area contributed by atoms with Gasteiger partial charge < -0.3 is 14.2 Å². The minimum Gasteiger partial charge on any atom is -0.374 e. The lowest BCUT2D eigenvalue weighted by atomic mass is 10.1. The number of fused-ring (bicyclic) bond motifs is 1. The van der Waals surface area contributed by atoms with E-state index in [0.29, 0.717) is 23.9 Å². The van der Waals surface area contributed by atoms with Crippen molar-refractivity contribution in [3.63, 3.8) is 0 Å². The summed E-state index contributed by atoms with van der Waals surface area (Å²) in [7, 11) is 0. The summed E-state index contributed by atoms with van der Waals surface area (Å²) in [6.45, 7) is 1.19. The molecule has 1 aromatic heterocycles. The molecule has 4 rings (SSSR count). The maximum atomic E-state index is 12.8. The Morgan fingerprint density at radius 2 is 2.22 bits per heavy atom. The summed E-state index contributed by atoms with van der Waals surface area (Å²) < 4.78 is 11.0. The molecule has 2 heterocycles. The molecule has 2 atom stereocenters. The zero-order valence-corrected chi connectivity index (χ0v) is 13.3. The molecule has 2 aliphatic rings. The predicted molar refractivity (Wildman–Crippen MR) is 85.4 cm³/mol. The molecule has 0 unspecified atom stereocenters. The van der Waals surface area contributed by atoms with E-state index in [1.54, 1.807) is 18.2 Å². The summed E-state index contributed by atoms with van der Waals surface area (Å²) >= 11 is 6.00. The summed E-state index contributed by atoms with van der Waals surface area (Å²) in [4.78, 5) is 14.6. The van der Waals surface area contributed by atoms with Crippen LogP contribution in [0.4, 0.5) is 0 Å². The van der Waals surface area contributed by atoms with E-state index < -0.39 is 0 Å². The molecule has 1 aliphatic heterocycles. The highest BCUT2D eigenvalue weighted by atomic mass is 35.5. The second-order valence-corrected chi connectivity index (χ2v) is 6.43. The SMILES string of the molecule is O=C(c1cc(-c2cccc(Cl)c2)no1)N1CCO[C@H]2CCC[C@H]21. The first kappa shape index (κ1) is 14.7. The summed E-state index contributed by atoms with van der Waals surface area (Å²) in [5, 5.41) is 4.64. The number of hydrogen-bond donors (Lipinski definition) is 0. The van der Waals surface area contributed by atoms with Crippen molar-refractivity contribution in [2.45, 2.75) is 31.4 Å². The molecule has 1 aliphatic carbocycles. The lowest BCUT2D eigenvalue weighted by Crippen LogP contribution is -2.51. The number of hydrogen-bond acceptors (Lipinski definition) is 4. The number of aromatic nitrogens is 1. The van der Waals surface area contributed by atoms with Gasteiger partial charge in [-0.05, 0) is 31.4 Å². The van der Waals surface area contributed by atoms with Gasteiger partial charge in [-0.2, -0.15) is 0 Å². The highest BCUT2D eigenvalue weighted by Crippen LogP contribution is 2.31. The summed E-state index contributed by atoms with van der Waals surface area (Å²) in [6, 6.07) is 9.18. The molecule has 1 saturated heterocycles. The molecule has 0 bridgehead atoms. The average molecular weight is 333 g/mol. The highest BCUT2D eigenvalue weighted by Gasteiger charge is 2.39. The zero-order chi connectivity index (χ0) is 15.8. The van der Waals surface area contributed by atoms with E-state index in [4.69, 9.17) is 20.9 Å². The summed E-state index contributed by atoms with van der Waals surface area (Å²) in [5.41, 5.74) is 1.45. The molecule has 0 N–H and O–H groups in total. The number of morpholine rings is 1. The number of halogens is 1. The summed E-state index contributed by atoms with van der Waals surface area (Å²) in [5.74, 6) is 0.165. The van der Waals surface area contributed by atoms with Crippen LogP contribution in [-0.2, 0) is 4.74 Å². The fourth-order valence-electron chi connectivity index (χ4n) is 3.48. The number of carbonyl (C=O) groups is 1. The van der Waals surface area contributed by atoms with Crippen LogP contribution in [0.15, 0.2) is 34.9 Å². The lowest BCUT2D eigenvalue weighted by Gasteiger charge is -2.37. The van der Waals surface area contributed by atoms with Crippen molar-refractivity contribution < 1.29 is 14.1 Å². The van der Waals surface area contributed by atoms with Gasteiger partial charge in [-0.1, -0.05) is 28.9 Å². The Bertz CT molecular complexity index is 730. The van der Waals surface area contributed by atoms with Crippen molar-refractivity contribution in [1.29, 1.82) is 0 Å². The molecule has 120 valence electrons. The van der Waals surface area contributed by atoms with Crippen molar-refractivity contribution in [3.05, 3.63) is 41.1 Å². The third-order valence-electron chi connectivity index (χ3n) is 4.58. The fourth-order valence-corrected chi connectivity index (χ4v) is 3.67. The van der Waals surface area contributed by atoms with Gasteiger partial charge in [0.15, 0.2) is 0 Å². The van der Waals surface area contributed by atoms with Gasteiger partial charge in [0.1, 0.15) is 5.69 Å². The highest BCUT2D eigenvalue weighted by molar-refractivity contribution is 6.30. The third-order valence-corrected chi connectivity index (χ3v) is 4.82. The van der Waals surface area contributed by atoms with Gasteiger partial charge in [0.05, 0.1) is 18.8 Å². The van der Waals surface area contributed by atoms with E-state index in [-0.39, 0.29) is 23.8 Å². The van der Waals surface area contributed by atoms with E-state index in [2.05, 4.69) is 5.16 Å². The Kier molecular flexibility index (Phi) is 3.83. The summed E-state index contributed by atoms with van der Waals surface area (Å²) in [6.07, 6.45) is 3.29. The number of benzene rings is 1. The van der Waals surface area contributed by atoms with Crippen LogP contribution in [0.3, 0.4) is 0 Å². The maximum absolute atomic E-state index is 12.8. The zero-order valence-electron chi connectivity index (χ0n) is 12.6. The van der Waals surface area contributed by atoms with Gasteiger partial charge in [0.25, 0.3) is 5.91 Å². The molecule has 5 nitrogen and oxygen atoms in total. The number of ether oxygens (including phenoxy) is 1. The van der Waals surface area contributed by atoms with E-state index in [1.807, 2.05) is 17.0 Å². The Balaban J connectivity index is 1.57. The Morgan fingerprint density at radius 1 is 1.30 bits per heavy atom. The largest absolute Gasteiger partial charge is 0.374 e. The first-order chi connectivity index (χ1) is 11.2. The van der Waals surface area contributed by atoms with Gasteiger partial charge in [-0.15, -0.1) is 0 Å². The van der Waals surface area contributed by atoms with Crippen molar-refractivity contribution >= 4 is 17.5 Å². The van der Waals surface area contributed by atoms with Gasteiger partial charge in [0.2, 0.25) is 5.76 Å². The number of amides is 1. The Morgan fingerprint density at radius 3 is 3.09 bits per heavy atom. The Hall–Kier alpha value is -1.85. The molecule has 0 spiro atoms. The van der Waals surface area contributed by atoms with Crippen molar-refractivity contribution in [2.24, 2.45) is 0 Å². The van der Waals surface area contributed by atoms with E-state index >= 15 is 0 Å². The van der Waals surface area contributed by atoms with Crippen molar-refractivity contribution in [2.75, 3.05) is 13.2 Å². The van der Waals surface area contributed by atoms with Crippen LogP contribution in [0.5, 0.6) is 0 Å². The topological polar surface area (TPSA) is 55.6 Å². The minimum atomic E-state index is -0.106. The van der Waals surface area contributed by atoms with Gasteiger partial charge in [0, 0.05) is 23.2 Å². The predicted octanol–water partition coefficient (Wildman–Crippen LogP) is 3.39. The lowest BCUT2D eigenvalue weighted by molar-refractivity contribution is -0.0456. The molecular formula is C17H17ClN2O3. The molecule has 6 heteroatoms. The quantitative estimate of drug-likeness (QED) is 0.846. The molecule has 1 aromatic carbocycles. The van der Waals surface area contributed by atoms with Gasteiger partial charge in [-0.25, -0.2) is 0 Å². The molecular weight excluding hydrogens is 316 g/mol. The fraction of sp³-hybridized carbons (Fsp3) is 0.412. The molecule has 23 heavy (non-hydrogen) atoms. The van der Waals surface area contributed by atoms with Crippen LogP contribution in [0.1, 0.15) is 29.8 Å². The van der Waals surface area contributed by atoms with Crippen LogP contribution in [0.25, 0.3) is 11.3 Å². The Labute approximate surface area is 139 Å². The molecule has 0 radical (unpaired) electrons. The second kappa shape index (κ2) is 5.98. The molecule has 2 fully saturated rings. The molecule has 1 saturated carbocycles. The maximum Gasteiger partial charge on any atom is 0.292 e. The molecule has 1 amide bonds. The monoisotopic (exact) mass is 332 g/mol. The molecule has 2 aromatic rings. The number of carbonyl (C=O) groups excluding carboxylic acids is 1. The van der Waals surface area contributed by atoms with Crippen molar-refractivity contribution in [3.8, 4) is 11.3 Å². The van der Waals surface area contributed by atoms with Crippen molar-refractivity contribution in [1.82, 2.24) is 10.1 Å². The van der Waals surface area contributed by atoms with Crippen LogP contribution < -0.4 is 0 Å². The minimum absolute atomic E-state index is 0.106. The standard InChI is InChI=1S/C17H17ClN2O3/c18-12-4-1-3-11(9-12)13-10-16(23-19-13)17(21)20-7-8-22-15-6-2-5-14(15)20/h1,3-4,9-10,14-15H,2,5-8H2/t14-,15+/m1/s1. The van der Waals surface area contributed by atoms with Crippen LogP contribution >= 0.6 is 11.6 Å². The van der Waals surface area contributed by atoms with Crippen LogP contribution in [0, 0.1) is 0 Å². The van der Waals surface area contributed by atoms with Gasteiger partial charge >= 0.3 is 0 Å². The normalized spacial score (nSPS) is 23.8. The van der Waals surface area contributed by atoms with E-state index in [0.717, 1.165) is 24.8 Å². The number of rotatable bonds is 2. The van der Waals surface area contributed by atoms with E-state index in [9.17, 15) is 4.79 Å². The first-order valence-corrected chi connectivity index (χ1v) is 8.25. The smallest absolute Gasteiger partial charge is 0.292 e. The van der Waals surface area contributed by atoms with Crippen LogP contribution in [0.2, 0.25) is 5.02 Å². The van der Waals surface area contributed by atoms with Crippen LogP contribution in [-0.4, -0.2) is 41.3 Å². The first-order valence-electron chi connectivity index (χ1n) is 7.87.